The van der Waals surface area contributed by atoms with Crippen LogP contribution >= 0.6 is 0 Å². The molecule has 0 fully saturated rings. The van der Waals surface area contributed by atoms with Crippen LogP contribution in [0, 0.1) is 5.82 Å². The highest BCUT2D eigenvalue weighted by molar-refractivity contribution is 5.97. The summed E-state index contributed by atoms with van der Waals surface area (Å²) in [6, 6.07) is 5.54. The molecule has 0 aliphatic heterocycles. The third-order valence-corrected chi connectivity index (χ3v) is 2.49. The minimum absolute atomic E-state index is 0.0384. The Morgan fingerprint density at radius 1 is 1.29 bits per heavy atom. The van der Waals surface area contributed by atoms with Gasteiger partial charge in [-0.05, 0) is 37.2 Å². The van der Waals surface area contributed by atoms with Crippen molar-refractivity contribution >= 4 is 5.78 Å². The Hall–Kier alpha value is -1.26. The lowest BCUT2D eigenvalue weighted by molar-refractivity contribution is 0.0915. The molecule has 0 saturated carbocycles. The van der Waals surface area contributed by atoms with E-state index in [-0.39, 0.29) is 24.8 Å². The van der Waals surface area contributed by atoms with Crippen molar-refractivity contribution < 1.29 is 14.3 Å². The van der Waals surface area contributed by atoms with Crippen molar-refractivity contribution in [1.82, 2.24) is 4.90 Å². The maximum atomic E-state index is 12.7. The molecule has 1 N–H and O–H groups in total. The van der Waals surface area contributed by atoms with Crippen LogP contribution < -0.4 is 0 Å². The maximum absolute atomic E-state index is 12.7. The molecule has 17 heavy (non-hydrogen) atoms. The summed E-state index contributed by atoms with van der Waals surface area (Å²) >= 11 is 0. The number of carbonyl (C=O) groups is 1. The first kappa shape index (κ1) is 13.8. The SMILES string of the molecule is CCCN(CCO)CC(=O)c1ccc(F)cc1. The minimum Gasteiger partial charge on any atom is -0.395 e. The highest BCUT2D eigenvalue weighted by atomic mass is 19.1. The zero-order valence-electron chi connectivity index (χ0n) is 10.0. The Balaban J connectivity index is 2.60. The van der Waals surface area contributed by atoms with Gasteiger partial charge >= 0.3 is 0 Å². The first-order valence-electron chi connectivity index (χ1n) is 5.79. The van der Waals surface area contributed by atoms with E-state index < -0.39 is 0 Å². The second-order valence-corrected chi connectivity index (χ2v) is 3.93. The quantitative estimate of drug-likeness (QED) is 0.736. The Kier molecular flexibility index (Phi) is 5.80. The molecule has 4 heteroatoms. The maximum Gasteiger partial charge on any atom is 0.176 e. The molecule has 0 saturated heterocycles. The van der Waals surface area contributed by atoms with E-state index in [9.17, 15) is 9.18 Å². The predicted molar refractivity (Wildman–Crippen MR) is 64.5 cm³/mol. The van der Waals surface area contributed by atoms with Crippen LogP contribution in [0.4, 0.5) is 4.39 Å². The standard InChI is InChI=1S/C13H18FNO2/c1-2-7-15(8-9-16)10-13(17)11-3-5-12(14)6-4-11/h3-6,16H,2,7-10H2,1H3. The molecule has 0 aromatic heterocycles. The summed E-state index contributed by atoms with van der Waals surface area (Å²) < 4.78 is 12.7. The third kappa shape index (κ3) is 4.63. The van der Waals surface area contributed by atoms with Crippen molar-refractivity contribution in [3.63, 3.8) is 0 Å². The van der Waals surface area contributed by atoms with Gasteiger partial charge in [0.1, 0.15) is 5.82 Å². The Morgan fingerprint density at radius 3 is 2.47 bits per heavy atom. The molecule has 1 rings (SSSR count). The van der Waals surface area contributed by atoms with Crippen molar-refractivity contribution in [3.8, 4) is 0 Å². The molecule has 0 unspecified atom stereocenters. The molecule has 0 radical (unpaired) electrons. The van der Waals surface area contributed by atoms with E-state index in [1.165, 1.54) is 24.3 Å². The van der Waals surface area contributed by atoms with Crippen LogP contribution in [0.15, 0.2) is 24.3 Å². The number of nitrogens with zero attached hydrogens (tertiary/aromatic N) is 1. The van der Waals surface area contributed by atoms with Crippen molar-refractivity contribution in [2.24, 2.45) is 0 Å². The smallest absolute Gasteiger partial charge is 0.176 e. The molecule has 0 heterocycles. The Bertz CT molecular complexity index is 345. The van der Waals surface area contributed by atoms with Gasteiger partial charge in [-0.1, -0.05) is 6.92 Å². The molecule has 0 aliphatic carbocycles. The van der Waals surface area contributed by atoms with Crippen LogP contribution in [0.25, 0.3) is 0 Å². The lowest BCUT2D eigenvalue weighted by Gasteiger charge is -2.19. The molecule has 0 amide bonds. The van der Waals surface area contributed by atoms with E-state index in [0.717, 1.165) is 13.0 Å². The van der Waals surface area contributed by atoms with Crippen molar-refractivity contribution in [2.75, 3.05) is 26.2 Å². The van der Waals surface area contributed by atoms with Crippen LogP contribution in [-0.2, 0) is 0 Å². The summed E-state index contributed by atoms with van der Waals surface area (Å²) in [7, 11) is 0. The fourth-order valence-electron chi connectivity index (χ4n) is 1.66. The Morgan fingerprint density at radius 2 is 1.94 bits per heavy atom. The fraction of sp³-hybridized carbons (Fsp3) is 0.462. The van der Waals surface area contributed by atoms with E-state index >= 15 is 0 Å². The lowest BCUT2D eigenvalue weighted by Crippen LogP contribution is -2.33. The molecule has 1 aromatic carbocycles. The molecule has 0 bridgehead atoms. The predicted octanol–water partition coefficient (Wildman–Crippen LogP) is 1.71. The number of Topliss-reactive ketones (excluding diaryl/α,β-unsaturated/α-hetero) is 1. The van der Waals surface area contributed by atoms with Crippen LogP contribution in [0.5, 0.6) is 0 Å². The van der Waals surface area contributed by atoms with Gasteiger partial charge in [0, 0.05) is 12.1 Å². The van der Waals surface area contributed by atoms with E-state index in [2.05, 4.69) is 0 Å². The van der Waals surface area contributed by atoms with Crippen LogP contribution in [-0.4, -0.2) is 42.0 Å². The zero-order chi connectivity index (χ0) is 12.7. The van der Waals surface area contributed by atoms with Gasteiger partial charge in [-0.25, -0.2) is 4.39 Å². The van der Waals surface area contributed by atoms with Crippen molar-refractivity contribution in [2.45, 2.75) is 13.3 Å². The molecule has 0 aliphatic rings. The summed E-state index contributed by atoms with van der Waals surface area (Å²) in [6.07, 6.45) is 0.927. The largest absolute Gasteiger partial charge is 0.395 e. The highest BCUT2D eigenvalue weighted by Gasteiger charge is 2.11. The van der Waals surface area contributed by atoms with Gasteiger partial charge in [-0.15, -0.1) is 0 Å². The number of hydrogen-bond donors (Lipinski definition) is 1. The second kappa shape index (κ2) is 7.14. The van der Waals surface area contributed by atoms with Gasteiger partial charge in [-0.3, -0.25) is 9.69 Å². The number of carbonyl (C=O) groups excluding carboxylic acids is 1. The highest BCUT2D eigenvalue weighted by Crippen LogP contribution is 2.05. The minimum atomic E-state index is -0.345. The number of hydrogen-bond acceptors (Lipinski definition) is 3. The lowest BCUT2D eigenvalue weighted by atomic mass is 10.1. The fourth-order valence-corrected chi connectivity index (χ4v) is 1.66. The Labute approximate surface area is 101 Å². The molecule has 94 valence electrons. The second-order valence-electron chi connectivity index (χ2n) is 3.93. The summed E-state index contributed by atoms with van der Waals surface area (Å²) in [4.78, 5) is 13.8. The molecule has 3 nitrogen and oxygen atoms in total. The van der Waals surface area contributed by atoms with Crippen LogP contribution in [0.1, 0.15) is 23.7 Å². The molecule has 0 atom stereocenters. The van der Waals surface area contributed by atoms with Gasteiger partial charge in [0.15, 0.2) is 5.78 Å². The van der Waals surface area contributed by atoms with E-state index in [1.807, 2.05) is 11.8 Å². The van der Waals surface area contributed by atoms with E-state index in [4.69, 9.17) is 5.11 Å². The van der Waals surface area contributed by atoms with Gasteiger partial charge < -0.3 is 5.11 Å². The first-order valence-corrected chi connectivity index (χ1v) is 5.79. The summed E-state index contributed by atoms with van der Waals surface area (Å²) in [5.41, 5.74) is 0.505. The topological polar surface area (TPSA) is 40.5 Å². The average Bonchev–Trinajstić information content (AvgIpc) is 2.30. The van der Waals surface area contributed by atoms with E-state index in [0.29, 0.717) is 12.1 Å². The molecule has 0 spiro atoms. The summed E-state index contributed by atoms with van der Waals surface area (Å²) in [5.74, 6) is -0.394. The third-order valence-electron chi connectivity index (χ3n) is 2.49. The number of aliphatic hydroxyl groups excluding tert-OH is 1. The van der Waals surface area contributed by atoms with Crippen molar-refractivity contribution in [3.05, 3.63) is 35.6 Å². The van der Waals surface area contributed by atoms with Gasteiger partial charge in [0.2, 0.25) is 0 Å². The normalized spacial score (nSPS) is 10.8. The van der Waals surface area contributed by atoms with Crippen LogP contribution in [0.3, 0.4) is 0 Å². The van der Waals surface area contributed by atoms with Gasteiger partial charge in [0.25, 0.3) is 0 Å². The average molecular weight is 239 g/mol. The molecule has 1 aromatic rings. The van der Waals surface area contributed by atoms with Crippen LogP contribution in [0.2, 0.25) is 0 Å². The number of halogens is 1. The van der Waals surface area contributed by atoms with E-state index in [1.54, 1.807) is 0 Å². The number of benzene rings is 1. The first-order chi connectivity index (χ1) is 8.17. The summed E-state index contributed by atoms with van der Waals surface area (Å²) in [5, 5.41) is 8.88. The molecular weight excluding hydrogens is 221 g/mol. The number of ketones is 1. The monoisotopic (exact) mass is 239 g/mol. The van der Waals surface area contributed by atoms with Gasteiger partial charge in [0.05, 0.1) is 13.2 Å². The van der Waals surface area contributed by atoms with Crippen molar-refractivity contribution in [1.29, 1.82) is 0 Å². The zero-order valence-corrected chi connectivity index (χ0v) is 10.0. The number of rotatable bonds is 7. The van der Waals surface area contributed by atoms with Gasteiger partial charge in [-0.2, -0.15) is 0 Å². The molecular formula is C13H18FNO2. The summed E-state index contributed by atoms with van der Waals surface area (Å²) in [6.45, 7) is 3.58. The number of aliphatic hydroxyl groups is 1.